The smallest absolute Gasteiger partial charge is 0.341 e. The SMILES string of the molecule is COC(=O)c1ccc(Cl)cc1OCC(=O)N[C@H]1CCS(=O)(=O)C1. The fourth-order valence-corrected chi connectivity index (χ4v) is 4.05. The molecule has 1 saturated heterocycles. The van der Waals surface area contributed by atoms with E-state index in [9.17, 15) is 18.0 Å². The summed E-state index contributed by atoms with van der Waals surface area (Å²) < 4.78 is 32.6. The molecule has 0 aromatic heterocycles. The van der Waals surface area contributed by atoms with Crippen LogP contribution in [0.15, 0.2) is 18.2 Å². The first-order chi connectivity index (χ1) is 10.8. The van der Waals surface area contributed by atoms with Gasteiger partial charge in [-0.05, 0) is 24.6 Å². The van der Waals surface area contributed by atoms with Crippen molar-refractivity contribution in [2.24, 2.45) is 0 Å². The monoisotopic (exact) mass is 361 g/mol. The largest absolute Gasteiger partial charge is 0.483 e. The molecule has 9 heteroatoms. The number of esters is 1. The Balaban J connectivity index is 1.96. The summed E-state index contributed by atoms with van der Waals surface area (Å²) in [7, 11) is -1.84. The van der Waals surface area contributed by atoms with E-state index in [0.29, 0.717) is 11.4 Å². The van der Waals surface area contributed by atoms with Gasteiger partial charge >= 0.3 is 5.97 Å². The number of ether oxygens (including phenoxy) is 2. The van der Waals surface area contributed by atoms with E-state index in [1.165, 1.54) is 25.3 Å². The zero-order valence-electron chi connectivity index (χ0n) is 12.4. The first kappa shape index (κ1) is 17.6. The van der Waals surface area contributed by atoms with Crippen LogP contribution in [-0.4, -0.2) is 51.6 Å². The lowest BCUT2D eigenvalue weighted by Gasteiger charge is -2.13. The molecule has 0 aliphatic carbocycles. The molecule has 1 heterocycles. The maximum Gasteiger partial charge on any atom is 0.341 e. The lowest BCUT2D eigenvalue weighted by Crippen LogP contribution is -2.38. The van der Waals surface area contributed by atoms with Crippen LogP contribution in [0, 0.1) is 0 Å². The fourth-order valence-electron chi connectivity index (χ4n) is 2.22. The minimum absolute atomic E-state index is 0.0662. The average Bonchev–Trinajstić information content (AvgIpc) is 2.83. The van der Waals surface area contributed by atoms with Crippen molar-refractivity contribution in [2.75, 3.05) is 25.2 Å². The molecule has 1 aromatic carbocycles. The zero-order chi connectivity index (χ0) is 17.0. The Morgan fingerprint density at radius 1 is 1.39 bits per heavy atom. The summed E-state index contributed by atoms with van der Waals surface area (Å²) in [4.78, 5) is 23.5. The second kappa shape index (κ2) is 7.18. The van der Waals surface area contributed by atoms with Crippen molar-refractivity contribution in [3.63, 3.8) is 0 Å². The van der Waals surface area contributed by atoms with E-state index in [-0.39, 0.29) is 29.4 Å². The molecule has 0 spiro atoms. The third kappa shape index (κ3) is 4.84. The minimum atomic E-state index is -3.07. The van der Waals surface area contributed by atoms with E-state index in [2.05, 4.69) is 10.1 Å². The van der Waals surface area contributed by atoms with E-state index in [1.807, 2.05) is 0 Å². The van der Waals surface area contributed by atoms with Crippen molar-refractivity contribution >= 4 is 33.3 Å². The maximum atomic E-state index is 11.8. The van der Waals surface area contributed by atoms with Gasteiger partial charge in [0.2, 0.25) is 0 Å². The number of carbonyl (C=O) groups excluding carboxylic acids is 2. The number of amides is 1. The second-order valence-electron chi connectivity index (χ2n) is 5.09. The van der Waals surface area contributed by atoms with Crippen LogP contribution >= 0.6 is 11.6 Å². The highest BCUT2D eigenvalue weighted by molar-refractivity contribution is 7.91. The molecule has 0 bridgehead atoms. The molecule has 1 aromatic rings. The van der Waals surface area contributed by atoms with E-state index in [4.69, 9.17) is 16.3 Å². The summed E-state index contributed by atoms with van der Waals surface area (Å²) in [5.41, 5.74) is 0.146. The number of hydrogen-bond acceptors (Lipinski definition) is 6. The summed E-state index contributed by atoms with van der Waals surface area (Å²) in [5.74, 6) is -0.955. The van der Waals surface area contributed by atoms with E-state index in [1.54, 1.807) is 0 Å². The molecule has 1 atom stereocenters. The number of halogens is 1. The standard InChI is InChI=1S/C14H16ClNO6S/c1-21-14(18)11-3-2-9(15)6-12(11)22-7-13(17)16-10-4-5-23(19,20)8-10/h2-3,6,10H,4-5,7-8H2,1H3,(H,16,17)/t10-/m0/s1. The van der Waals surface area contributed by atoms with Crippen molar-refractivity contribution in [3.8, 4) is 5.75 Å². The lowest BCUT2D eigenvalue weighted by molar-refractivity contribution is -0.123. The first-order valence-electron chi connectivity index (χ1n) is 6.81. The highest BCUT2D eigenvalue weighted by Gasteiger charge is 2.29. The Labute approximate surface area is 138 Å². The molecule has 1 aliphatic rings. The molecule has 0 radical (unpaired) electrons. The highest BCUT2D eigenvalue weighted by Crippen LogP contribution is 2.24. The molecule has 7 nitrogen and oxygen atoms in total. The Bertz CT molecular complexity index is 718. The zero-order valence-corrected chi connectivity index (χ0v) is 13.9. The summed E-state index contributed by atoms with van der Waals surface area (Å²) in [5, 5.41) is 2.93. The normalized spacial score (nSPS) is 19.1. The molecule has 0 saturated carbocycles. The summed E-state index contributed by atoms with van der Waals surface area (Å²) in [6.07, 6.45) is 0.388. The van der Waals surface area contributed by atoms with Crippen LogP contribution in [0.4, 0.5) is 0 Å². The van der Waals surface area contributed by atoms with Gasteiger partial charge in [0.15, 0.2) is 16.4 Å². The average molecular weight is 362 g/mol. The Morgan fingerprint density at radius 2 is 2.13 bits per heavy atom. The van der Waals surface area contributed by atoms with Gasteiger partial charge in [-0.15, -0.1) is 0 Å². The quantitative estimate of drug-likeness (QED) is 0.779. The van der Waals surface area contributed by atoms with Crippen molar-refractivity contribution in [1.29, 1.82) is 0 Å². The predicted octanol–water partition coefficient (Wildman–Crippen LogP) is 0.809. The lowest BCUT2D eigenvalue weighted by atomic mass is 10.2. The molecule has 23 heavy (non-hydrogen) atoms. The minimum Gasteiger partial charge on any atom is -0.483 e. The maximum absolute atomic E-state index is 11.8. The number of nitrogens with one attached hydrogen (secondary N) is 1. The van der Waals surface area contributed by atoms with Gasteiger partial charge < -0.3 is 14.8 Å². The van der Waals surface area contributed by atoms with Crippen molar-refractivity contribution in [2.45, 2.75) is 12.5 Å². The Kier molecular flexibility index (Phi) is 5.48. The molecule has 0 unspecified atom stereocenters. The van der Waals surface area contributed by atoms with Gasteiger partial charge in [0.1, 0.15) is 11.3 Å². The second-order valence-corrected chi connectivity index (χ2v) is 7.75. The number of benzene rings is 1. The van der Waals surface area contributed by atoms with E-state index < -0.39 is 27.8 Å². The summed E-state index contributed by atoms with van der Waals surface area (Å²) in [6.45, 7) is -0.360. The van der Waals surface area contributed by atoms with Gasteiger partial charge in [-0.3, -0.25) is 4.79 Å². The number of sulfone groups is 1. The highest BCUT2D eigenvalue weighted by atomic mass is 35.5. The topological polar surface area (TPSA) is 98.8 Å². The predicted molar refractivity (Wildman–Crippen MR) is 83.5 cm³/mol. The van der Waals surface area contributed by atoms with Crippen LogP contribution < -0.4 is 10.1 Å². The van der Waals surface area contributed by atoms with Crippen LogP contribution in [0.25, 0.3) is 0 Å². The molecular weight excluding hydrogens is 346 g/mol. The van der Waals surface area contributed by atoms with Crippen LogP contribution in [-0.2, 0) is 19.4 Å². The fraction of sp³-hybridized carbons (Fsp3) is 0.429. The molecular formula is C14H16ClNO6S. The Hall–Kier alpha value is -1.80. The summed E-state index contributed by atoms with van der Waals surface area (Å²) in [6, 6.07) is 3.94. The number of hydrogen-bond donors (Lipinski definition) is 1. The number of rotatable bonds is 5. The van der Waals surface area contributed by atoms with Gasteiger partial charge in [-0.2, -0.15) is 0 Å². The van der Waals surface area contributed by atoms with Crippen molar-refractivity contribution in [3.05, 3.63) is 28.8 Å². The van der Waals surface area contributed by atoms with Crippen LogP contribution in [0.2, 0.25) is 5.02 Å². The molecule has 1 amide bonds. The molecule has 2 rings (SSSR count). The molecule has 1 N–H and O–H groups in total. The van der Waals surface area contributed by atoms with Gasteiger partial charge in [-0.1, -0.05) is 11.6 Å². The number of methoxy groups -OCH3 is 1. The van der Waals surface area contributed by atoms with Crippen molar-refractivity contribution in [1.82, 2.24) is 5.32 Å². The van der Waals surface area contributed by atoms with Gasteiger partial charge in [0.05, 0.1) is 18.6 Å². The third-order valence-electron chi connectivity index (χ3n) is 3.31. The summed E-state index contributed by atoms with van der Waals surface area (Å²) >= 11 is 5.85. The van der Waals surface area contributed by atoms with Crippen molar-refractivity contribution < 1.29 is 27.5 Å². The molecule has 1 fully saturated rings. The molecule has 126 valence electrons. The van der Waals surface area contributed by atoms with Gasteiger partial charge in [-0.25, -0.2) is 13.2 Å². The van der Waals surface area contributed by atoms with Crippen LogP contribution in [0.5, 0.6) is 5.75 Å². The first-order valence-corrected chi connectivity index (χ1v) is 9.01. The van der Waals surface area contributed by atoms with Crippen LogP contribution in [0.1, 0.15) is 16.8 Å². The van der Waals surface area contributed by atoms with E-state index in [0.717, 1.165) is 0 Å². The van der Waals surface area contributed by atoms with Crippen LogP contribution in [0.3, 0.4) is 0 Å². The van der Waals surface area contributed by atoms with E-state index >= 15 is 0 Å². The number of carbonyl (C=O) groups is 2. The third-order valence-corrected chi connectivity index (χ3v) is 5.31. The van der Waals surface area contributed by atoms with Gasteiger partial charge in [0.25, 0.3) is 5.91 Å². The van der Waals surface area contributed by atoms with Gasteiger partial charge in [0, 0.05) is 11.1 Å². The molecule has 1 aliphatic heterocycles. The Morgan fingerprint density at radius 3 is 2.74 bits per heavy atom.